The van der Waals surface area contributed by atoms with Crippen LogP contribution in [0.25, 0.3) is 0 Å². The van der Waals surface area contributed by atoms with Crippen LogP contribution in [0.5, 0.6) is 0 Å². The quantitative estimate of drug-likeness (QED) is 0.403. The van der Waals surface area contributed by atoms with Gasteiger partial charge in [-0.2, -0.15) is 0 Å². The summed E-state index contributed by atoms with van der Waals surface area (Å²) < 4.78 is 0. The van der Waals surface area contributed by atoms with Gasteiger partial charge in [0, 0.05) is 52.0 Å². The lowest BCUT2D eigenvalue weighted by Crippen LogP contribution is -2.54. The number of piperazine rings is 1. The van der Waals surface area contributed by atoms with E-state index in [1.807, 2.05) is 19.3 Å². The van der Waals surface area contributed by atoms with Crippen molar-refractivity contribution in [3.05, 3.63) is 24.4 Å². The molecule has 0 saturated carbocycles. The average Bonchev–Trinajstić information content (AvgIpc) is 2.70. The Morgan fingerprint density at radius 2 is 1.89 bits per heavy atom. The van der Waals surface area contributed by atoms with Crippen molar-refractivity contribution in [1.82, 2.24) is 20.1 Å². The number of likely N-dealkylation sites (tertiary alicyclic amines) is 1. The number of aliphatic imine (C=N–C) groups is 1. The molecule has 27 heavy (non-hydrogen) atoms. The number of nitrogens with zero attached hydrogens (tertiary/aromatic N) is 5. The first-order chi connectivity index (χ1) is 12.7. The Morgan fingerprint density at radius 1 is 1.19 bits per heavy atom. The molecular formula is C20H35IN6. The van der Waals surface area contributed by atoms with Gasteiger partial charge >= 0.3 is 0 Å². The Bertz CT molecular complexity index is 565. The lowest BCUT2D eigenvalue weighted by molar-refractivity contribution is 0.147. The smallest absolute Gasteiger partial charge is 0.193 e. The van der Waals surface area contributed by atoms with Gasteiger partial charge in [0.2, 0.25) is 0 Å². The number of aromatic nitrogens is 1. The lowest BCUT2D eigenvalue weighted by Gasteiger charge is -2.38. The zero-order valence-corrected chi connectivity index (χ0v) is 19.3. The largest absolute Gasteiger partial charge is 0.355 e. The molecule has 0 aromatic carbocycles. The highest BCUT2D eigenvalue weighted by Gasteiger charge is 2.23. The van der Waals surface area contributed by atoms with E-state index >= 15 is 0 Å². The fraction of sp³-hybridized carbons (Fsp3) is 0.700. The van der Waals surface area contributed by atoms with Crippen molar-refractivity contribution < 1.29 is 0 Å². The first-order valence-electron chi connectivity index (χ1n) is 10.0. The minimum Gasteiger partial charge on any atom is -0.355 e. The Hall–Kier alpha value is -1.09. The third-order valence-electron chi connectivity index (χ3n) is 5.76. The third-order valence-corrected chi connectivity index (χ3v) is 5.76. The van der Waals surface area contributed by atoms with Crippen LogP contribution < -0.4 is 10.2 Å². The molecule has 0 spiro atoms. The summed E-state index contributed by atoms with van der Waals surface area (Å²) in [6.45, 7) is 12.0. The summed E-state index contributed by atoms with van der Waals surface area (Å²) in [6, 6.07) is 6.66. The summed E-state index contributed by atoms with van der Waals surface area (Å²) in [7, 11) is 1.89. The van der Waals surface area contributed by atoms with E-state index in [0.29, 0.717) is 6.04 Å². The van der Waals surface area contributed by atoms with Crippen LogP contribution >= 0.6 is 24.0 Å². The van der Waals surface area contributed by atoms with Gasteiger partial charge in [-0.05, 0) is 50.9 Å². The Morgan fingerprint density at radius 3 is 2.48 bits per heavy atom. The Balaban J connectivity index is 0.00000261. The molecular weight excluding hydrogens is 451 g/mol. The molecule has 0 amide bonds. The van der Waals surface area contributed by atoms with E-state index in [4.69, 9.17) is 0 Å². The number of halogens is 1. The molecule has 2 aliphatic heterocycles. The monoisotopic (exact) mass is 486 g/mol. The van der Waals surface area contributed by atoms with E-state index in [1.54, 1.807) is 0 Å². The van der Waals surface area contributed by atoms with Crippen molar-refractivity contribution in [3.63, 3.8) is 0 Å². The number of piperidine rings is 1. The van der Waals surface area contributed by atoms with Gasteiger partial charge in [-0.15, -0.1) is 24.0 Å². The van der Waals surface area contributed by atoms with Crippen LogP contribution in [0.15, 0.2) is 29.4 Å². The molecule has 1 N–H and O–H groups in total. The fourth-order valence-corrected chi connectivity index (χ4v) is 3.86. The molecule has 6 nitrogen and oxygen atoms in total. The van der Waals surface area contributed by atoms with Gasteiger partial charge in [0.25, 0.3) is 0 Å². The molecule has 1 atom stereocenters. The van der Waals surface area contributed by atoms with Crippen molar-refractivity contribution in [3.8, 4) is 0 Å². The van der Waals surface area contributed by atoms with Crippen LogP contribution in [0.2, 0.25) is 0 Å². The number of guanidine groups is 1. The summed E-state index contributed by atoms with van der Waals surface area (Å²) in [5.74, 6) is 2.99. The molecule has 1 unspecified atom stereocenters. The van der Waals surface area contributed by atoms with Gasteiger partial charge in [0.1, 0.15) is 5.82 Å². The Kier molecular flexibility index (Phi) is 9.08. The van der Waals surface area contributed by atoms with Crippen LogP contribution in [0.1, 0.15) is 26.7 Å². The number of nitrogens with one attached hydrogen (secondary N) is 1. The maximum absolute atomic E-state index is 4.52. The standard InChI is InChI=1S/C20H34N6.HI/c1-17-7-10-24(11-8-17)18(2)16-23-20(21-3)26-14-12-25(13-15-26)19-6-4-5-9-22-19;/h4-6,9,17-18H,7-8,10-16H2,1-3H3,(H,21,23);1H. The van der Waals surface area contributed by atoms with Crippen molar-refractivity contribution in [1.29, 1.82) is 0 Å². The second-order valence-electron chi connectivity index (χ2n) is 7.66. The first-order valence-corrected chi connectivity index (χ1v) is 10.0. The average molecular weight is 486 g/mol. The van der Waals surface area contributed by atoms with E-state index in [0.717, 1.165) is 50.4 Å². The first kappa shape index (κ1) is 22.2. The summed E-state index contributed by atoms with van der Waals surface area (Å²) in [4.78, 5) is 16.3. The molecule has 0 radical (unpaired) electrons. The summed E-state index contributed by atoms with van der Waals surface area (Å²) in [6.07, 6.45) is 4.52. The van der Waals surface area contributed by atoms with Crippen LogP contribution in [-0.2, 0) is 0 Å². The molecule has 3 heterocycles. The maximum Gasteiger partial charge on any atom is 0.193 e. The molecule has 1 aromatic rings. The minimum atomic E-state index is 0. The topological polar surface area (TPSA) is 47.0 Å². The normalized spacial score (nSPS) is 20.9. The minimum absolute atomic E-state index is 0. The Labute approximate surface area is 181 Å². The summed E-state index contributed by atoms with van der Waals surface area (Å²) in [5.41, 5.74) is 0. The van der Waals surface area contributed by atoms with Gasteiger partial charge in [0.15, 0.2) is 5.96 Å². The SMILES string of the molecule is CN=C(NCC(C)N1CCC(C)CC1)N1CCN(c2ccccn2)CC1.I. The van der Waals surface area contributed by atoms with Crippen LogP contribution in [0, 0.1) is 5.92 Å². The van der Waals surface area contributed by atoms with E-state index in [9.17, 15) is 0 Å². The highest BCUT2D eigenvalue weighted by molar-refractivity contribution is 14.0. The highest BCUT2D eigenvalue weighted by Crippen LogP contribution is 2.18. The zero-order valence-electron chi connectivity index (χ0n) is 17.0. The van der Waals surface area contributed by atoms with E-state index in [1.165, 1.54) is 25.9 Å². The third kappa shape index (κ3) is 6.20. The second-order valence-corrected chi connectivity index (χ2v) is 7.66. The second kappa shape index (κ2) is 11.0. The molecule has 2 saturated heterocycles. The number of anilines is 1. The van der Waals surface area contributed by atoms with Crippen LogP contribution in [0.4, 0.5) is 5.82 Å². The molecule has 2 fully saturated rings. The predicted octanol–water partition coefficient (Wildman–Crippen LogP) is 2.52. The van der Waals surface area contributed by atoms with Gasteiger partial charge in [0.05, 0.1) is 0 Å². The van der Waals surface area contributed by atoms with Crippen molar-refractivity contribution in [2.45, 2.75) is 32.7 Å². The number of pyridine rings is 1. The predicted molar refractivity (Wildman–Crippen MR) is 124 cm³/mol. The number of rotatable bonds is 4. The fourth-order valence-electron chi connectivity index (χ4n) is 3.86. The van der Waals surface area contributed by atoms with Crippen molar-refractivity contribution >= 4 is 35.8 Å². The van der Waals surface area contributed by atoms with E-state index in [-0.39, 0.29) is 24.0 Å². The highest BCUT2D eigenvalue weighted by atomic mass is 127. The zero-order chi connectivity index (χ0) is 18.4. The molecule has 1 aromatic heterocycles. The molecule has 152 valence electrons. The lowest BCUT2D eigenvalue weighted by atomic mass is 9.98. The van der Waals surface area contributed by atoms with Gasteiger partial charge in [-0.3, -0.25) is 9.89 Å². The summed E-state index contributed by atoms with van der Waals surface area (Å²) >= 11 is 0. The van der Waals surface area contributed by atoms with Crippen molar-refractivity contribution in [2.24, 2.45) is 10.9 Å². The van der Waals surface area contributed by atoms with Crippen LogP contribution in [0.3, 0.4) is 0 Å². The van der Waals surface area contributed by atoms with Gasteiger partial charge < -0.3 is 15.1 Å². The van der Waals surface area contributed by atoms with E-state index < -0.39 is 0 Å². The van der Waals surface area contributed by atoms with Crippen LogP contribution in [-0.4, -0.2) is 79.6 Å². The van der Waals surface area contributed by atoms with Gasteiger partial charge in [-0.1, -0.05) is 13.0 Å². The number of hydrogen-bond acceptors (Lipinski definition) is 4. The van der Waals surface area contributed by atoms with Crippen molar-refractivity contribution in [2.75, 3.05) is 57.8 Å². The molecule has 3 rings (SSSR count). The number of hydrogen-bond donors (Lipinski definition) is 1. The van der Waals surface area contributed by atoms with E-state index in [2.05, 4.69) is 56.0 Å². The maximum atomic E-state index is 4.52. The molecule has 2 aliphatic rings. The molecule has 7 heteroatoms. The van der Waals surface area contributed by atoms with Gasteiger partial charge in [-0.25, -0.2) is 4.98 Å². The summed E-state index contributed by atoms with van der Waals surface area (Å²) in [5, 5.41) is 3.60. The molecule has 0 aliphatic carbocycles. The molecule has 0 bridgehead atoms.